The minimum absolute atomic E-state index is 0.201. The van der Waals surface area contributed by atoms with Gasteiger partial charge in [-0.1, -0.05) is 23.7 Å². The summed E-state index contributed by atoms with van der Waals surface area (Å²) >= 11 is 8.25. The third-order valence-corrected chi connectivity index (χ3v) is 7.23. The van der Waals surface area contributed by atoms with Crippen molar-refractivity contribution in [2.24, 2.45) is 0 Å². The number of rotatable bonds is 12. The lowest BCUT2D eigenvalue weighted by Crippen LogP contribution is -2.25. The molecule has 2 heterocycles. The third kappa shape index (κ3) is 7.35. The standard InChI is InChI=1S/C31H27ClFN5O2S/c1-41-14-13-38(12-11-34)18-25-7-10-29(40-25)22-5-8-28-26(16-22)31(36-20-35-28)37-24-6-9-30(27(32)17-24)39-19-21-3-2-4-23(33)15-21/h2-10,15-17,20H,12-14,18-19H2,1H3,(H,35,36,37). The average molecular weight is 588 g/mol. The fourth-order valence-electron chi connectivity index (χ4n) is 4.30. The lowest BCUT2D eigenvalue weighted by atomic mass is 10.1. The number of nitrogens with one attached hydrogen (secondary N) is 1. The van der Waals surface area contributed by atoms with E-state index in [-0.39, 0.29) is 12.4 Å². The summed E-state index contributed by atoms with van der Waals surface area (Å²) in [7, 11) is 0. The first kappa shape index (κ1) is 28.4. The highest BCUT2D eigenvalue weighted by atomic mass is 35.5. The Kier molecular flexibility index (Phi) is 9.36. The van der Waals surface area contributed by atoms with Gasteiger partial charge < -0.3 is 14.5 Å². The summed E-state index contributed by atoms with van der Waals surface area (Å²) < 4.78 is 25.4. The molecule has 5 aromatic rings. The molecular formula is C31H27ClFN5O2S. The van der Waals surface area contributed by atoms with E-state index >= 15 is 0 Å². The van der Waals surface area contributed by atoms with Crippen molar-refractivity contribution in [3.63, 3.8) is 0 Å². The molecule has 0 spiro atoms. The van der Waals surface area contributed by atoms with Crippen molar-refractivity contribution < 1.29 is 13.5 Å². The second kappa shape index (κ2) is 13.5. The van der Waals surface area contributed by atoms with Gasteiger partial charge in [0.15, 0.2) is 0 Å². The second-order valence-electron chi connectivity index (χ2n) is 9.27. The van der Waals surface area contributed by atoms with Crippen LogP contribution in [0.2, 0.25) is 5.02 Å². The molecule has 208 valence electrons. The highest BCUT2D eigenvalue weighted by Crippen LogP contribution is 2.33. The number of ether oxygens (including phenoxy) is 1. The number of fused-ring (bicyclic) bond motifs is 1. The smallest absolute Gasteiger partial charge is 0.141 e. The first-order valence-electron chi connectivity index (χ1n) is 12.9. The molecule has 0 amide bonds. The molecule has 41 heavy (non-hydrogen) atoms. The molecule has 5 rings (SSSR count). The van der Waals surface area contributed by atoms with E-state index in [4.69, 9.17) is 26.0 Å². The van der Waals surface area contributed by atoms with Gasteiger partial charge in [0, 0.05) is 28.9 Å². The molecular weight excluding hydrogens is 561 g/mol. The molecule has 0 unspecified atom stereocenters. The number of benzene rings is 3. The van der Waals surface area contributed by atoms with Crippen LogP contribution in [0.4, 0.5) is 15.9 Å². The zero-order chi connectivity index (χ0) is 28.6. The van der Waals surface area contributed by atoms with E-state index in [1.54, 1.807) is 36.0 Å². The minimum atomic E-state index is -0.312. The average Bonchev–Trinajstić information content (AvgIpc) is 3.44. The molecule has 0 bridgehead atoms. The number of anilines is 2. The number of hydrogen-bond acceptors (Lipinski definition) is 8. The fourth-order valence-corrected chi connectivity index (χ4v) is 4.98. The van der Waals surface area contributed by atoms with E-state index < -0.39 is 0 Å². The van der Waals surface area contributed by atoms with Crippen molar-refractivity contribution >= 4 is 45.8 Å². The molecule has 7 nitrogen and oxygen atoms in total. The summed E-state index contributed by atoms with van der Waals surface area (Å²) in [4.78, 5) is 10.9. The number of aromatic nitrogens is 2. The number of halogens is 2. The highest BCUT2D eigenvalue weighted by molar-refractivity contribution is 7.98. The molecule has 2 aromatic heterocycles. The Balaban J connectivity index is 1.32. The largest absolute Gasteiger partial charge is 0.487 e. The lowest BCUT2D eigenvalue weighted by molar-refractivity contribution is 0.288. The van der Waals surface area contributed by atoms with Crippen molar-refractivity contribution in [2.75, 3.05) is 30.4 Å². The van der Waals surface area contributed by atoms with Crippen LogP contribution >= 0.6 is 23.4 Å². The maximum absolute atomic E-state index is 13.5. The summed E-state index contributed by atoms with van der Waals surface area (Å²) in [6.45, 7) is 1.94. The van der Waals surface area contributed by atoms with Crippen LogP contribution in [0.5, 0.6) is 5.75 Å². The molecule has 0 fully saturated rings. The summed E-state index contributed by atoms with van der Waals surface area (Å²) in [5.74, 6) is 3.27. The van der Waals surface area contributed by atoms with Crippen LogP contribution in [0.1, 0.15) is 11.3 Å². The van der Waals surface area contributed by atoms with Crippen LogP contribution in [0.25, 0.3) is 22.2 Å². The van der Waals surface area contributed by atoms with E-state index in [0.29, 0.717) is 35.2 Å². The summed E-state index contributed by atoms with van der Waals surface area (Å²) in [5.41, 5.74) is 3.10. The van der Waals surface area contributed by atoms with Crippen LogP contribution in [-0.2, 0) is 13.2 Å². The molecule has 0 radical (unpaired) electrons. The third-order valence-electron chi connectivity index (χ3n) is 6.34. The van der Waals surface area contributed by atoms with E-state index in [1.165, 1.54) is 18.5 Å². The molecule has 1 N–H and O–H groups in total. The van der Waals surface area contributed by atoms with E-state index in [0.717, 1.165) is 46.0 Å². The predicted molar refractivity (Wildman–Crippen MR) is 162 cm³/mol. The van der Waals surface area contributed by atoms with Gasteiger partial charge in [0.1, 0.15) is 41.8 Å². The maximum Gasteiger partial charge on any atom is 0.141 e. The van der Waals surface area contributed by atoms with Gasteiger partial charge in [-0.3, -0.25) is 4.90 Å². The SMILES string of the molecule is CSCCN(CC#N)Cc1ccc(-c2ccc3ncnc(Nc4ccc(OCc5cccc(F)c5)c(Cl)c4)c3c2)o1. The summed E-state index contributed by atoms with van der Waals surface area (Å²) in [6.07, 6.45) is 3.56. The molecule has 0 saturated carbocycles. The number of thioether (sulfide) groups is 1. The van der Waals surface area contributed by atoms with Crippen LogP contribution in [0.3, 0.4) is 0 Å². The molecule has 0 aliphatic heterocycles. The lowest BCUT2D eigenvalue weighted by Gasteiger charge is -2.16. The Hall–Kier alpha value is -4.10. The van der Waals surface area contributed by atoms with Crippen molar-refractivity contribution in [1.29, 1.82) is 5.26 Å². The number of nitriles is 1. The van der Waals surface area contributed by atoms with Crippen molar-refractivity contribution in [3.8, 4) is 23.1 Å². The van der Waals surface area contributed by atoms with Gasteiger partial charge in [0.2, 0.25) is 0 Å². The Morgan fingerprint density at radius 3 is 2.80 bits per heavy atom. The predicted octanol–water partition coefficient (Wildman–Crippen LogP) is 7.69. The van der Waals surface area contributed by atoms with Gasteiger partial charge in [-0.2, -0.15) is 17.0 Å². The van der Waals surface area contributed by atoms with Crippen LogP contribution in [0, 0.1) is 17.1 Å². The molecule has 0 aliphatic carbocycles. The van der Waals surface area contributed by atoms with Gasteiger partial charge in [0.05, 0.1) is 29.7 Å². The zero-order valence-corrected chi connectivity index (χ0v) is 23.9. The van der Waals surface area contributed by atoms with E-state index in [9.17, 15) is 4.39 Å². The van der Waals surface area contributed by atoms with Gasteiger partial charge in [-0.25, -0.2) is 14.4 Å². The van der Waals surface area contributed by atoms with Gasteiger partial charge in [-0.15, -0.1) is 0 Å². The highest BCUT2D eigenvalue weighted by Gasteiger charge is 2.13. The van der Waals surface area contributed by atoms with Crippen molar-refractivity contribution in [1.82, 2.24) is 14.9 Å². The van der Waals surface area contributed by atoms with Crippen LogP contribution in [0.15, 0.2) is 83.5 Å². The number of nitrogens with zero attached hydrogens (tertiary/aromatic N) is 4. The maximum atomic E-state index is 13.5. The first-order chi connectivity index (χ1) is 20.0. The summed E-state index contributed by atoms with van der Waals surface area (Å²) in [6, 6.07) is 23.6. The monoisotopic (exact) mass is 587 g/mol. The van der Waals surface area contributed by atoms with Crippen LogP contribution in [-0.4, -0.2) is 40.0 Å². The Morgan fingerprint density at radius 1 is 1.10 bits per heavy atom. The normalized spacial score (nSPS) is 11.1. The minimum Gasteiger partial charge on any atom is -0.487 e. The first-order valence-corrected chi connectivity index (χ1v) is 14.7. The molecule has 0 atom stereocenters. The quantitative estimate of drug-likeness (QED) is 0.149. The topological polar surface area (TPSA) is 87.2 Å². The van der Waals surface area contributed by atoms with Gasteiger partial charge in [0.25, 0.3) is 0 Å². The zero-order valence-electron chi connectivity index (χ0n) is 22.3. The fraction of sp³-hybridized carbons (Fsp3) is 0.194. The summed E-state index contributed by atoms with van der Waals surface area (Å²) in [5, 5.41) is 13.7. The Labute approximate surface area is 246 Å². The van der Waals surface area contributed by atoms with Crippen molar-refractivity contribution in [3.05, 3.63) is 101 Å². The molecule has 0 saturated heterocycles. The van der Waals surface area contributed by atoms with Crippen LogP contribution < -0.4 is 10.1 Å². The molecule has 10 heteroatoms. The van der Waals surface area contributed by atoms with Gasteiger partial charge in [-0.05, 0) is 72.5 Å². The van der Waals surface area contributed by atoms with Gasteiger partial charge >= 0.3 is 0 Å². The van der Waals surface area contributed by atoms with Crippen molar-refractivity contribution in [2.45, 2.75) is 13.2 Å². The molecule has 0 aliphatic rings. The second-order valence-corrected chi connectivity index (χ2v) is 10.7. The number of hydrogen-bond donors (Lipinski definition) is 1. The Morgan fingerprint density at radius 2 is 2.00 bits per heavy atom. The Bertz CT molecular complexity index is 1690. The number of furan rings is 1. The van der Waals surface area contributed by atoms with E-state index in [2.05, 4.69) is 32.5 Å². The molecule has 3 aromatic carbocycles. The van der Waals surface area contributed by atoms with E-state index in [1.807, 2.05) is 36.4 Å².